The van der Waals surface area contributed by atoms with Crippen LogP contribution in [0.2, 0.25) is 0 Å². The molecule has 0 fully saturated rings. The number of unbranched alkanes of at least 4 members (excludes halogenated alkanes) is 1. The lowest BCUT2D eigenvalue weighted by molar-refractivity contribution is -0.107. The minimum Gasteiger partial charge on any atom is -0.388 e. The zero-order valence-corrected chi connectivity index (χ0v) is 18.6. The second kappa shape index (κ2) is 11.7. The number of sulfonamides is 1. The average Bonchev–Trinajstić information content (AvgIpc) is 2.75. The first kappa shape index (κ1) is 24.6. The van der Waals surface area contributed by atoms with Crippen LogP contribution < -0.4 is 9.84 Å². The minimum atomic E-state index is -3.71. The van der Waals surface area contributed by atoms with Crippen LogP contribution in [-0.2, 0) is 27.8 Å². The van der Waals surface area contributed by atoms with Crippen LogP contribution in [-0.4, -0.2) is 26.1 Å². The number of aryl methyl sites for hydroxylation is 1. The van der Waals surface area contributed by atoms with E-state index in [0.717, 1.165) is 29.8 Å². The molecule has 2 aromatic rings. The lowest BCUT2D eigenvalue weighted by Crippen LogP contribution is -2.42. The summed E-state index contributed by atoms with van der Waals surface area (Å²) in [6.45, 7) is 2.07. The highest BCUT2D eigenvalue weighted by Gasteiger charge is 2.20. The van der Waals surface area contributed by atoms with Crippen LogP contribution in [0.15, 0.2) is 47.6 Å². The number of carbonyl (C=O) groups is 1. The van der Waals surface area contributed by atoms with E-state index in [0.29, 0.717) is 35.2 Å². The van der Waals surface area contributed by atoms with Crippen molar-refractivity contribution < 1.29 is 18.3 Å². The summed E-state index contributed by atoms with van der Waals surface area (Å²) in [5.74, 6) is 0. The number of aliphatic hydroxyl groups excluding tert-OH is 1. The molecule has 2 aromatic carbocycles. The summed E-state index contributed by atoms with van der Waals surface area (Å²) < 4.78 is 25.9. The number of hydrogen-bond donors (Lipinski definition) is 2. The quantitative estimate of drug-likeness (QED) is 0.273. The topological polar surface area (TPSA) is 116 Å². The van der Waals surface area contributed by atoms with Gasteiger partial charge in [-0.15, -0.1) is 4.91 Å². The average molecular weight is 448 g/mol. The number of aliphatic hydroxyl groups is 1. The van der Waals surface area contributed by atoms with Gasteiger partial charge in [-0.1, -0.05) is 50.1 Å². The van der Waals surface area contributed by atoms with Crippen LogP contribution >= 0.6 is 0 Å². The van der Waals surface area contributed by atoms with E-state index < -0.39 is 16.1 Å². The summed E-state index contributed by atoms with van der Waals surface area (Å²) in [5.41, 5.74) is 5.20. The molecule has 0 heterocycles. The summed E-state index contributed by atoms with van der Waals surface area (Å²) in [7, 11) is -3.71. The van der Waals surface area contributed by atoms with E-state index in [1.54, 1.807) is 42.5 Å². The third-order valence-corrected chi connectivity index (χ3v) is 5.89. The number of benzene rings is 2. The molecule has 0 saturated carbocycles. The molecule has 0 aliphatic carbocycles. The molecule has 1 unspecified atom stereocenters. The number of aldehydes is 1. The van der Waals surface area contributed by atoms with Crippen molar-refractivity contribution in [1.82, 2.24) is 5.43 Å². The number of hydrogen-bond acceptors (Lipinski definition) is 7. The number of anilines is 1. The third-order valence-electron chi connectivity index (χ3n) is 4.89. The molecule has 0 saturated heterocycles. The third kappa shape index (κ3) is 6.95. The van der Waals surface area contributed by atoms with Gasteiger partial charge in [0.25, 0.3) is 0 Å². The Balaban J connectivity index is 2.29. The van der Waals surface area contributed by atoms with E-state index in [-0.39, 0.29) is 18.7 Å². The van der Waals surface area contributed by atoms with Gasteiger partial charge in [-0.25, -0.2) is 18.3 Å². The zero-order chi connectivity index (χ0) is 22.9. The fraction of sp³-hybridized carbons (Fsp3) is 0.409. The van der Waals surface area contributed by atoms with Gasteiger partial charge in [0, 0.05) is 13.0 Å². The van der Waals surface area contributed by atoms with Gasteiger partial charge in [0.2, 0.25) is 10.0 Å². The highest BCUT2D eigenvalue weighted by molar-refractivity contribution is 7.92. The smallest absolute Gasteiger partial charge is 0.245 e. The zero-order valence-electron chi connectivity index (χ0n) is 17.8. The summed E-state index contributed by atoms with van der Waals surface area (Å²) in [5, 5.41) is 13.5. The molecular weight excluding hydrogens is 418 g/mol. The molecule has 0 amide bonds. The van der Waals surface area contributed by atoms with Crippen molar-refractivity contribution in [3.8, 4) is 0 Å². The standard InChI is InChI=1S/C22H29N3O5S/c1-3-4-13-21(27)18-9-6-12-20(15-18)25(31(2,29)30)23-16-19-10-5-8-17(11-7-14-26)22(19)24-28/h5-6,8-10,12,14-15,21,23,27H,3-4,7,11,13,16H2,1-2H3. The molecule has 0 aliphatic heterocycles. The Hall–Kier alpha value is -2.62. The van der Waals surface area contributed by atoms with Crippen molar-refractivity contribution in [3.63, 3.8) is 0 Å². The predicted octanol–water partition coefficient (Wildman–Crippen LogP) is 3.91. The van der Waals surface area contributed by atoms with E-state index in [2.05, 4.69) is 10.6 Å². The van der Waals surface area contributed by atoms with Gasteiger partial charge in [0.15, 0.2) is 0 Å². The van der Waals surface area contributed by atoms with E-state index in [4.69, 9.17) is 0 Å². The Morgan fingerprint density at radius 1 is 1.19 bits per heavy atom. The SMILES string of the molecule is CCCCC(O)c1cccc(N(NCc2cccc(CCC=O)c2N=O)S(C)(=O)=O)c1. The second-order valence-electron chi connectivity index (χ2n) is 7.34. The first-order valence-corrected chi connectivity index (χ1v) is 12.1. The van der Waals surface area contributed by atoms with Gasteiger partial charge in [-0.3, -0.25) is 0 Å². The largest absolute Gasteiger partial charge is 0.388 e. The van der Waals surface area contributed by atoms with E-state index in [9.17, 15) is 23.2 Å². The molecule has 31 heavy (non-hydrogen) atoms. The minimum absolute atomic E-state index is 0.0334. The lowest BCUT2D eigenvalue weighted by Gasteiger charge is -2.24. The number of nitrogens with zero attached hydrogens (tertiary/aromatic N) is 2. The molecule has 168 valence electrons. The molecule has 1 atom stereocenters. The summed E-state index contributed by atoms with van der Waals surface area (Å²) in [6, 6.07) is 11.9. The monoisotopic (exact) mass is 447 g/mol. The first-order chi connectivity index (χ1) is 14.8. The Morgan fingerprint density at radius 3 is 2.55 bits per heavy atom. The molecule has 2 rings (SSSR count). The second-order valence-corrected chi connectivity index (χ2v) is 9.17. The van der Waals surface area contributed by atoms with Crippen LogP contribution in [0.25, 0.3) is 0 Å². The van der Waals surface area contributed by atoms with Crippen molar-refractivity contribution in [3.05, 3.63) is 64.1 Å². The van der Waals surface area contributed by atoms with E-state index in [1.807, 2.05) is 6.92 Å². The predicted molar refractivity (Wildman–Crippen MR) is 121 cm³/mol. The molecule has 9 heteroatoms. The molecule has 8 nitrogen and oxygen atoms in total. The summed E-state index contributed by atoms with van der Waals surface area (Å²) >= 11 is 0. The highest BCUT2D eigenvalue weighted by Crippen LogP contribution is 2.27. The Bertz CT molecular complexity index is 994. The Morgan fingerprint density at radius 2 is 1.90 bits per heavy atom. The molecule has 0 aromatic heterocycles. The molecular formula is C22H29N3O5S. The lowest BCUT2D eigenvalue weighted by atomic mass is 10.0. The Kier molecular flexibility index (Phi) is 9.29. The molecule has 2 N–H and O–H groups in total. The Labute approximate surface area is 183 Å². The van der Waals surface area contributed by atoms with Gasteiger partial charge in [0.1, 0.15) is 12.0 Å². The van der Waals surface area contributed by atoms with Gasteiger partial charge < -0.3 is 9.90 Å². The first-order valence-electron chi connectivity index (χ1n) is 10.2. The number of nitrogens with one attached hydrogen (secondary N) is 1. The fourth-order valence-electron chi connectivity index (χ4n) is 3.30. The van der Waals surface area contributed by atoms with Crippen LogP contribution in [0.4, 0.5) is 11.4 Å². The summed E-state index contributed by atoms with van der Waals surface area (Å²) in [6.07, 6.45) is 4.21. The van der Waals surface area contributed by atoms with Crippen molar-refractivity contribution in [2.45, 2.75) is 51.7 Å². The fourth-order valence-corrected chi connectivity index (χ4v) is 4.10. The number of carbonyl (C=O) groups excluding carboxylic acids is 1. The van der Waals surface area contributed by atoms with E-state index in [1.165, 1.54) is 0 Å². The van der Waals surface area contributed by atoms with Crippen molar-refractivity contribution in [2.24, 2.45) is 5.18 Å². The van der Waals surface area contributed by atoms with Gasteiger partial charge in [0.05, 0.1) is 18.0 Å². The normalized spacial score (nSPS) is 12.4. The number of nitroso groups, excluding NO2 is 1. The van der Waals surface area contributed by atoms with Crippen molar-refractivity contribution in [2.75, 3.05) is 10.7 Å². The summed E-state index contributed by atoms with van der Waals surface area (Å²) in [4.78, 5) is 22.1. The maximum absolute atomic E-state index is 12.4. The number of hydrazine groups is 1. The number of rotatable bonds is 13. The molecule has 0 radical (unpaired) electrons. The van der Waals surface area contributed by atoms with Crippen LogP contribution in [0.3, 0.4) is 0 Å². The van der Waals surface area contributed by atoms with Crippen LogP contribution in [0.5, 0.6) is 0 Å². The van der Waals surface area contributed by atoms with Crippen LogP contribution in [0, 0.1) is 4.91 Å². The van der Waals surface area contributed by atoms with Gasteiger partial charge in [-0.05, 0) is 46.8 Å². The molecule has 0 spiro atoms. The van der Waals surface area contributed by atoms with Crippen molar-refractivity contribution in [1.29, 1.82) is 0 Å². The van der Waals surface area contributed by atoms with Crippen molar-refractivity contribution >= 4 is 27.7 Å². The van der Waals surface area contributed by atoms with Gasteiger partial charge >= 0.3 is 0 Å². The maximum atomic E-state index is 12.4. The molecule has 0 aliphatic rings. The highest BCUT2D eigenvalue weighted by atomic mass is 32.2. The molecule has 0 bridgehead atoms. The van der Waals surface area contributed by atoms with E-state index >= 15 is 0 Å². The van der Waals surface area contributed by atoms with Gasteiger partial charge in [-0.2, -0.15) is 0 Å². The maximum Gasteiger partial charge on any atom is 0.245 e. The van der Waals surface area contributed by atoms with Crippen LogP contribution in [0.1, 0.15) is 55.4 Å².